The molecular formula is C13H12N2OS. The third kappa shape index (κ3) is 1.65. The highest BCUT2D eigenvalue weighted by Gasteiger charge is 2.26. The first kappa shape index (κ1) is 10.5. The topological polar surface area (TPSA) is 33.2 Å². The predicted molar refractivity (Wildman–Crippen MR) is 68.7 cm³/mol. The lowest BCUT2D eigenvalue weighted by Gasteiger charge is -2.16. The first-order valence-electron chi connectivity index (χ1n) is 5.57. The summed E-state index contributed by atoms with van der Waals surface area (Å²) in [5.41, 5.74) is 4.85. The number of fused-ring (bicyclic) bond motifs is 1. The molecular weight excluding hydrogens is 232 g/mol. The van der Waals surface area contributed by atoms with Crippen LogP contribution in [0, 0.1) is 6.92 Å². The van der Waals surface area contributed by atoms with Gasteiger partial charge in [0.1, 0.15) is 4.88 Å². The quantitative estimate of drug-likeness (QED) is 0.772. The second-order valence-electron chi connectivity index (χ2n) is 4.10. The van der Waals surface area contributed by atoms with E-state index < -0.39 is 0 Å². The average Bonchev–Trinajstić information content (AvgIpc) is 2.94. The summed E-state index contributed by atoms with van der Waals surface area (Å²) in [6.07, 6.45) is 0.944. The van der Waals surface area contributed by atoms with Crippen LogP contribution < -0.4 is 4.90 Å². The summed E-state index contributed by atoms with van der Waals surface area (Å²) >= 11 is 1.42. The molecule has 1 amide bonds. The van der Waals surface area contributed by atoms with Crippen molar-refractivity contribution in [1.82, 2.24) is 4.98 Å². The van der Waals surface area contributed by atoms with Gasteiger partial charge in [0.15, 0.2) is 0 Å². The van der Waals surface area contributed by atoms with Crippen LogP contribution in [-0.2, 0) is 6.42 Å². The van der Waals surface area contributed by atoms with Crippen molar-refractivity contribution in [2.75, 3.05) is 11.4 Å². The average molecular weight is 244 g/mol. The minimum absolute atomic E-state index is 0.0787. The molecule has 4 heteroatoms. The van der Waals surface area contributed by atoms with Crippen molar-refractivity contribution >= 4 is 22.9 Å². The van der Waals surface area contributed by atoms with Gasteiger partial charge in [-0.3, -0.25) is 4.79 Å². The number of benzene rings is 1. The molecule has 0 aliphatic carbocycles. The van der Waals surface area contributed by atoms with E-state index in [0.717, 1.165) is 29.2 Å². The number of hydrogen-bond acceptors (Lipinski definition) is 3. The van der Waals surface area contributed by atoms with Crippen molar-refractivity contribution in [2.45, 2.75) is 13.3 Å². The number of aryl methyl sites for hydroxylation is 1. The molecule has 0 spiro atoms. The summed E-state index contributed by atoms with van der Waals surface area (Å²) in [5.74, 6) is 0.0787. The summed E-state index contributed by atoms with van der Waals surface area (Å²) in [4.78, 5) is 19.1. The second kappa shape index (κ2) is 3.96. The largest absolute Gasteiger partial charge is 0.307 e. The van der Waals surface area contributed by atoms with Crippen LogP contribution in [-0.4, -0.2) is 17.4 Å². The summed E-state index contributed by atoms with van der Waals surface area (Å²) in [6.45, 7) is 2.65. The van der Waals surface area contributed by atoms with Gasteiger partial charge in [-0.2, -0.15) is 0 Å². The molecule has 2 heterocycles. The van der Waals surface area contributed by atoms with Gasteiger partial charge in [0.05, 0.1) is 11.2 Å². The van der Waals surface area contributed by atoms with E-state index in [-0.39, 0.29) is 5.91 Å². The molecule has 0 radical (unpaired) electrons. The van der Waals surface area contributed by atoms with Crippen LogP contribution in [0.2, 0.25) is 0 Å². The number of anilines is 1. The highest BCUT2D eigenvalue weighted by Crippen LogP contribution is 2.29. The van der Waals surface area contributed by atoms with E-state index in [1.807, 2.05) is 30.0 Å². The number of hydrogen-bond donors (Lipinski definition) is 0. The molecule has 0 saturated carbocycles. The molecule has 2 aromatic rings. The number of nitrogens with zero attached hydrogens (tertiary/aromatic N) is 2. The molecule has 3 nitrogen and oxygen atoms in total. The Morgan fingerprint density at radius 3 is 3.00 bits per heavy atom. The second-order valence-corrected chi connectivity index (χ2v) is 4.96. The predicted octanol–water partition coefficient (Wildman–Crippen LogP) is 2.65. The number of rotatable bonds is 1. The van der Waals surface area contributed by atoms with Crippen LogP contribution in [0.3, 0.4) is 0 Å². The van der Waals surface area contributed by atoms with Gasteiger partial charge in [0, 0.05) is 12.2 Å². The molecule has 0 fully saturated rings. The maximum absolute atomic E-state index is 12.4. The van der Waals surface area contributed by atoms with E-state index in [0.29, 0.717) is 0 Å². The Balaban J connectivity index is 1.98. The Morgan fingerprint density at radius 2 is 2.24 bits per heavy atom. The maximum atomic E-state index is 12.4. The van der Waals surface area contributed by atoms with E-state index in [4.69, 9.17) is 0 Å². The van der Waals surface area contributed by atoms with Gasteiger partial charge in [-0.05, 0) is 25.0 Å². The smallest absolute Gasteiger partial charge is 0.270 e. The van der Waals surface area contributed by atoms with Gasteiger partial charge in [0.25, 0.3) is 5.91 Å². The van der Waals surface area contributed by atoms with Crippen molar-refractivity contribution in [3.8, 4) is 0 Å². The molecule has 0 atom stereocenters. The highest BCUT2D eigenvalue weighted by atomic mass is 32.1. The Hall–Kier alpha value is -1.68. The molecule has 0 N–H and O–H groups in total. The summed E-state index contributed by atoms with van der Waals surface area (Å²) in [6, 6.07) is 8.09. The molecule has 17 heavy (non-hydrogen) atoms. The Kier molecular flexibility index (Phi) is 2.44. The molecule has 1 aliphatic heterocycles. The van der Waals surface area contributed by atoms with Crippen LogP contribution in [0.25, 0.3) is 0 Å². The Bertz CT molecular complexity index is 576. The number of carbonyl (C=O) groups excluding carboxylic acids is 1. The fourth-order valence-corrected chi connectivity index (χ4v) is 2.93. The van der Waals surface area contributed by atoms with Gasteiger partial charge >= 0.3 is 0 Å². The normalized spacial score (nSPS) is 13.8. The molecule has 0 unspecified atom stereocenters. The van der Waals surface area contributed by atoms with Gasteiger partial charge in [-0.25, -0.2) is 4.98 Å². The zero-order valence-corrected chi connectivity index (χ0v) is 10.3. The summed E-state index contributed by atoms with van der Waals surface area (Å²) in [7, 11) is 0. The van der Waals surface area contributed by atoms with Crippen LogP contribution >= 0.6 is 11.3 Å². The fraction of sp³-hybridized carbons (Fsp3) is 0.231. The summed E-state index contributed by atoms with van der Waals surface area (Å²) < 4.78 is 0. The van der Waals surface area contributed by atoms with E-state index in [9.17, 15) is 4.79 Å². The summed E-state index contributed by atoms with van der Waals surface area (Å²) in [5, 5.41) is 0. The molecule has 1 aliphatic rings. The van der Waals surface area contributed by atoms with Crippen molar-refractivity contribution in [3.63, 3.8) is 0 Å². The third-order valence-corrected chi connectivity index (χ3v) is 3.99. The molecule has 0 bridgehead atoms. The fourth-order valence-electron chi connectivity index (χ4n) is 2.18. The third-order valence-electron chi connectivity index (χ3n) is 3.07. The van der Waals surface area contributed by atoms with Gasteiger partial charge in [-0.15, -0.1) is 11.3 Å². The zero-order chi connectivity index (χ0) is 11.8. The molecule has 3 rings (SSSR count). The van der Waals surface area contributed by atoms with E-state index in [1.165, 1.54) is 16.9 Å². The highest BCUT2D eigenvalue weighted by molar-refractivity contribution is 7.12. The van der Waals surface area contributed by atoms with Crippen LogP contribution in [0.4, 0.5) is 5.69 Å². The van der Waals surface area contributed by atoms with Gasteiger partial charge in [-0.1, -0.05) is 18.2 Å². The minimum atomic E-state index is 0.0787. The number of aromatic nitrogens is 1. The first-order valence-corrected chi connectivity index (χ1v) is 6.45. The molecule has 1 aromatic carbocycles. The van der Waals surface area contributed by atoms with Gasteiger partial charge < -0.3 is 4.90 Å². The Morgan fingerprint density at radius 1 is 1.41 bits per heavy atom. The molecule has 0 saturated heterocycles. The van der Waals surface area contributed by atoms with Gasteiger partial charge in [0.2, 0.25) is 0 Å². The molecule has 86 valence electrons. The van der Waals surface area contributed by atoms with Crippen molar-refractivity contribution in [2.24, 2.45) is 0 Å². The Labute approximate surface area is 104 Å². The lowest BCUT2D eigenvalue weighted by atomic mass is 10.2. The van der Waals surface area contributed by atoms with E-state index in [1.54, 1.807) is 5.51 Å². The number of amides is 1. The number of carbonyl (C=O) groups is 1. The molecule has 1 aromatic heterocycles. The van der Waals surface area contributed by atoms with E-state index in [2.05, 4.69) is 11.1 Å². The monoisotopic (exact) mass is 244 g/mol. The number of para-hydroxylation sites is 1. The lowest BCUT2D eigenvalue weighted by Crippen LogP contribution is -2.28. The number of thiazole rings is 1. The van der Waals surface area contributed by atoms with E-state index >= 15 is 0 Å². The van der Waals surface area contributed by atoms with Crippen LogP contribution in [0.5, 0.6) is 0 Å². The first-order chi connectivity index (χ1) is 8.27. The lowest BCUT2D eigenvalue weighted by molar-refractivity contribution is 0.0992. The van der Waals surface area contributed by atoms with Crippen molar-refractivity contribution in [1.29, 1.82) is 0 Å². The zero-order valence-electron chi connectivity index (χ0n) is 9.51. The van der Waals surface area contributed by atoms with Crippen molar-refractivity contribution < 1.29 is 4.79 Å². The SMILES string of the molecule is Cc1ncsc1C(=O)N1CCc2ccccc21. The standard InChI is InChI=1S/C13H12N2OS/c1-9-12(17-8-14-9)13(16)15-7-6-10-4-2-3-5-11(10)15/h2-5,8H,6-7H2,1H3. The minimum Gasteiger partial charge on any atom is -0.307 e. The van der Waals surface area contributed by atoms with Crippen LogP contribution in [0.1, 0.15) is 20.9 Å². The maximum Gasteiger partial charge on any atom is 0.270 e. The van der Waals surface area contributed by atoms with Crippen molar-refractivity contribution in [3.05, 3.63) is 45.9 Å². The van der Waals surface area contributed by atoms with Crippen LogP contribution in [0.15, 0.2) is 29.8 Å².